The van der Waals surface area contributed by atoms with E-state index in [2.05, 4.69) is 13.0 Å². The fraction of sp³-hybridized carbons (Fsp3) is 0.484. The highest BCUT2D eigenvalue weighted by molar-refractivity contribution is 6.43. The van der Waals surface area contributed by atoms with E-state index in [1.165, 1.54) is 10.5 Å². The molecule has 2 aliphatic heterocycles. The van der Waals surface area contributed by atoms with E-state index in [4.69, 9.17) is 4.65 Å². The molecule has 2 fully saturated rings. The Bertz CT molecular complexity index is 1320. The van der Waals surface area contributed by atoms with Gasteiger partial charge in [-0.1, -0.05) is 62.2 Å². The average Bonchev–Trinajstić information content (AvgIpc) is 3.17. The third-order valence-corrected chi connectivity index (χ3v) is 8.63. The van der Waals surface area contributed by atoms with Gasteiger partial charge in [-0.25, -0.2) is 0 Å². The van der Waals surface area contributed by atoms with Crippen LogP contribution in [0.3, 0.4) is 0 Å². The van der Waals surface area contributed by atoms with Crippen LogP contribution in [0.1, 0.15) is 57.9 Å². The molecule has 0 radical (unpaired) electrons. The molecule has 0 saturated carbocycles. The zero-order valence-corrected chi connectivity index (χ0v) is 22.8. The van der Waals surface area contributed by atoms with Gasteiger partial charge in [-0.2, -0.15) is 0 Å². The Hall–Kier alpha value is -2.94. The molecule has 2 amide bonds. The molecule has 0 aromatic heterocycles. The molecule has 0 unspecified atom stereocenters. The van der Waals surface area contributed by atoms with Gasteiger partial charge in [-0.15, -0.1) is 0 Å². The number of aliphatic hydroxyl groups excluding tert-OH is 1. The molecule has 5 rings (SSSR count). The highest BCUT2D eigenvalue weighted by atomic mass is 16.5. The number of allylic oxidation sites excluding steroid dienone is 1. The van der Waals surface area contributed by atoms with Gasteiger partial charge in [0.2, 0.25) is 11.8 Å². The van der Waals surface area contributed by atoms with Crippen LogP contribution in [-0.4, -0.2) is 58.3 Å². The van der Waals surface area contributed by atoms with Crippen molar-refractivity contribution in [2.75, 3.05) is 13.2 Å². The Morgan fingerprint density at radius 1 is 1.05 bits per heavy atom. The first kappa shape index (κ1) is 27.6. The number of likely N-dealkylation sites (tertiary alicyclic amines) is 1. The van der Waals surface area contributed by atoms with Gasteiger partial charge in [0.05, 0.1) is 24.5 Å². The van der Waals surface area contributed by atoms with Gasteiger partial charge < -0.3 is 19.9 Å². The van der Waals surface area contributed by atoms with E-state index in [1.807, 2.05) is 37.3 Å². The number of phenols is 1. The maximum atomic E-state index is 13.4. The van der Waals surface area contributed by atoms with Crippen molar-refractivity contribution < 1.29 is 29.5 Å². The third-order valence-electron chi connectivity index (χ3n) is 8.63. The van der Waals surface area contributed by atoms with Gasteiger partial charge in [-0.3, -0.25) is 14.5 Å². The Kier molecular flexibility index (Phi) is 8.26. The lowest BCUT2D eigenvalue weighted by Gasteiger charge is -2.43. The summed E-state index contributed by atoms with van der Waals surface area (Å²) >= 11 is 0. The number of fused-ring (bicyclic) bond motifs is 4. The normalized spacial score (nSPS) is 25.5. The summed E-state index contributed by atoms with van der Waals surface area (Å²) in [4.78, 5) is 27.8. The van der Waals surface area contributed by atoms with Gasteiger partial charge in [0.1, 0.15) is 5.75 Å². The summed E-state index contributed by atoms with van der Waals surface area (Å²) < 4.78 is 6.05. The van der Waals surface area contributed by atoms with Crippen molar-refractivity contribution in [2.45, 2.75) is 64.8 Å². The molecule has 3 N–H and O–H groups in total. The molecule has 8 heteroatoms. The van der Waals surface area contributed by atoms with Crippen molar-refractivity contribution in [3.63, 3.8) is 0 Å². The summed E-state index contributed by atoms with van der Waals surface area (Å²) in [6.07, 6.45) is 6.26. The van der Waals surface area contributed by atoms with Crippen LogP contribution in [0, 0.1) is 17.8 Å². The first-order valence-electron chi connectivity index (χ1n) is 14.3. The number of hydrogen-bond donors (Lipinski definition) is 3. The molecule has 7 nitrogen and oxygen atoms in total. The lowest BCUT2D eigenvalue weighted by molar-refractivity contribution is -0.140. The van der Waals surface area contributed by atoms with Gasteiger partial charge in [0, 0.05) is 11.9 Å². The van der Waals surface area contributed by atoms with E-state index >= 15 is 0 Å². The fourth-order valence-electron chi connectivity index (χ4n) is 6.98. The number of carbonyl (C=O) groups excluding carboxylic acids is 2. The standard InChI is InChI=1S/C31H38BNO6/c1-3-7-19(15-20-11-12-26(35)23-9-6-5-8-22(20)23)10-13-27-28-21(18-34)16-24-29(25(28)17-32(38)39-27)31(37)33(14-4-2)30(24)36/h5-6,8-9,11-12,15,24-25,27,29,34-35,38H,3-4,7,10,13-14,16-18H2,1-2H3/b19-15+/t24-,25+,27-,29-/m1/s1. The lowest BCUT2D eigenvalue weighted by Crippen LogP contribution is -2.46. The van der Waals surface area contributed by atoms with E-state index < -0.39 is 25.1 Å². The van der Waals surface area contributed by atoms with E-state index in [-0.39, 0.29) is 36.4 Å². The second-order valence-corrected chi connectivity index (χ2v) is 11.1. The number of nitrogens with zero attached hydrogens (tertiary/aromatic N) is 1. The topological polar surface area (TPSA) is 107 Å². The number of imide groups is 1. The molecule has 0 spiro atoms. The fourth-order valence-corrected chi connectivity index (χ4v) is 6.98. The molecule has 206 valence electrons. The van der Waals surface area contributed by atoms with Crippen molar-refractivity contribution in [1.82, 2.24) is 4.90 Å². The number of benzene rings is 2. The predicted octanol–water partition coefficient (Wildman–Crippen LogP) is 4.71. The Morgan fingerprint density at radius 2 is 1.82 bits per heavy atom. The SMILES string of the molecule is CCC/C(=C\c1ccc(O)c2ccccc12)CC[C@H]1OB(O)C[C@H]2C1=C(CO)C[C@H]1C(=O)N(CCC)C(=O)[C@H]12. The van der Waals surface area contributed by atoms with Gasteiger partial charge in [0.25, 0.3) is 0 Å². The minimum atomic E-state index is -1.02. The zero-order valence-electron chi connectivity index (χ0n) is 22.8. The van der Waals surface area contributed by atoms with Gasteiger partial charge >= 0.3 is 7.12 Å². The molecular formula is C31H38BNO6. The quantitative estimate of drug-likeness (QED) is 0.246. The second-order valence-electron chi connectivity index (χ2n) is 11.1. The van der Waals surface area contributed by atoms with Crippen LogP contribution in [0.25, 0.3) is 16.8 Å². The summed E-state index contributed by atoms with van der Waals surface area (Å²) in [6.45, 7) is 4.30. The third kappa shape index (κ3) is 5.18. The molecule has 2 heterocycles. The number of hydrogen-bond acceptors (Lipinski definition) is 6. The first-order chi connectivity index (χ1) is 18.9. The number of carbonyl (C=O) groups is 2. The minimum Gasteiger partial charge on any atom is -0.507 e. The summed E-state index contributed by atoms with van der Waals surface area (Å²) in [5, 5.41) is 33.1. The second kappa shape index (κ2) is 11.7. The minimum absolute atomic E-state index is 0.148. The summed E-state index contributed by atoms with van der Waals surface area (Å²) in [5.74, 6) is -1.31. The monoisotopic (exact) mass is 531 g/mol. The van der Waals surface area contributed by atoms with Crippen molar-refractivity contribution in [2.24, 2.45) is 17.8 Å². The molecule has 0 bridgehead atoms. The number of amides is 2. The maximum absolute atomic E-state index is 13.4. The first-order valence-corrected chi connectivity index (χ1v) is 14.3. The van der Waals surface area contributed by atoms with Crippen molar-refractivity contribution in [3.05, 3.63) is 58.7 Å². The highest BCUT2D eigenvalue weighted by Crippen LogP contribution is 2.50. The Balaban J connectivity index is 1.43. The number of phenolic OH excluding ortho intramolecular Hbond substituents is 1. The van der Waals surface area contributed by atoms with Crippen LogP contribution in [0.5, 0.6) is 5.75 Å². The molecular weight excluding hydrogens is 493 g/mol. The van der Waals surface area contributed by atoms with Crippen LogP contribution >= 0.6 is 0 Å². The van der Waals surface area contributed by atoms with Crippen LogP contribution < -0.4 is 0 Å². The summed E-state index contributed by atoms with van der Waals surface area (Å²) in [6, 6.07) is 11.5. The zero-order chi connectivity index (χ0) is 27.7. The molecule has 2 aromatic carbocycles. The smallest absolute Gasteiger partial charge is 0.455 e. The Morgan fingerprint density at radius 3 is 2.54 bits per heavy atom. The van der Waals surface area contributed by atoms with Crippen molar-refractivity contribution >= 4 is 35.8 Å². The number of aliphatic hydroxyl groups is 1. The van der Waals surface area contributed by atoms with Crippen molar-refractivity contribution in [1.29, 1.82) is 0 Å². The molecule has 39 heavy (non-hydrogen) atoms. The largest absolute Gasteiger partial charge is 0.507 e. The van der Waals surface area contributed by atoms with Gasteiger partial charge in [0.15, 0.2) is 0 Å². The molecule has 2 saturated heterocycles. The van der Waals surface area contributed by atoms with Crippen LogP contribution in [0.2, 0.25) is 6.32 Å². The van der Waals surface area contributed by atoms with Crippen LogP contribution in [0.15, 0.2) is 53.1 Å². The highest BCUT2D eigenvalue weighted by Gasteiger charge is 2.56. The van der Waals surface area contributed by atoms with E-state index in [0.29, 0.717) is 25.8 Å². The number of rotatable bonds is 9. The van der Waals surface area contributed by atoms with Crippen molar-refractivity contribution in [3.8, 4) is 5.75 Å². The predicted molar refractivity (Wildman–Crippen MR) is 152 cm³/mol. The van der Waals surface area contributed by atoms with E-state index in [1.54, 1.807) is 6.07 Å². The van der Waals surface area contributed by atoms with Crippen LogP contribution in [-0.2, 0) is 14.2 Å². The molecule has 3 aliphatic rings. The van der Waals surface area contributed by atoms with Gasteiger partial charge in [-0.05, 0) is 72.5 Å². The number of aromatic hydroxyl groups is 1. The average molecular weight is 531 g/mol. The molecule has 2 aromatic rings. The Labute approximate surface area is 230 Å². The molecule has 4 atom stereocenters. The summed E-state index contributed by atoms with van der Waals surface area (Å²) in [7, 11) is -1.02. The maximum Gasteiger partial charge on any atom is 0.455 e. The summed E-state index contributed by atoms with van der Waals surface area (Å²) in [5.41, 5.74) is 3.96. The molecule has 1 aliphatic carbocycles. The van der Waals surface area contributed by atoms with E-state index in [0.717, 1.165) is 46.7 Å². The van der Waals surface area contributed by atoms with E-state index in [9.17, 15) is 24.8 Å². The lowest BCUT2D eigenvalue weighted by atomic mass is 9.58. The van der Waals surface area contributed by atoms with Crippen LogP contribution in [0.4, 0.5) is 0 Å².